The van der Waals surface area contributed by atoms with Gasteiger partial charge in [0.2, 0.25) is 0 Å². The van der Waals surface area contributed by atoms with Crippen molar-refractivity contribution in [1.29, 1.82) is 0 Å². The lowest BCUT2D eigenvalue weighted by Crippen LogP contribution is -2.12. The van der Waals surface area contributed by atoms with Crippen LogP contribution in [0.25, 0.3) is 0 Å². The standard InChI is InChI=1S/C33H53OP/c1-33(2,32-28-22-18-23-29-32)35(34)30-24-16-14-12-10-8-6-4-3-5-7-9-11-13-15-19-25-31-26-20-17-21-27-31/h17-18,20-23,26-29,35H,3-16,19,24-25,30H2,1-2H3. The van der Waals surface area contributed by atoms with Gasteiger partial charge >= 0.3 is 0 Å². The van der Waals surface area contributed by atoms with Crippen molar-refractivity contribution >= 4 is 7.80 Å². The van der Waals surface area contributed by atoms with Crippen LogP contribution in [-0.4, -0.2) is 6.16 Å². The monoisotopic (exact) mass is 496 g/mol. The molecule has 2 aromatic carbocycles. The Morgan fingerprint density at radius 1 is 0.514 bits per heavy atom. The van der Waals surface area contributed by atoms with Crippen molar-refractivity contribution in [3.8, 4) is 0 Å². The van der Waals surface area contributed by atoms with Gasteiger partial charge in [-0.25, -0.2) is 0 Å². The van der Waals surface area contributed by atoms with Crippen molar-refractivity contribution in [2.75, 3.05) is 6.16 Å². The van der Waals surface area contributed by atoms with E-state index in [9.17, 15) is 4.57 Å². The lowest BCUT2D eigenvalue weighted by molar-refractivity contribution is 0.528. The van der Waals surface area contributed by atoms with Gasteiger partial charge in [0, 0.05) is 5.16 Å². The van der Waals surface area contributed by atoms with E-state index in [0.717, 1.165) is 12.6 Å². The molecule has 196 valence electrons. The number of benzene rings is 2. The van der Waals surface area contributed by atoms with Crippen LogP contribution in [0.3, 0.4) is 0 Å². The van der Waals surface area contributed by atoms with Gasteiger partial charge in [-0.05, 0) is 50.4 Å². The summed E-state index contributed by atoms with van der Waals surface area (Å²) in [5.41, 5.74) is 2.71. The molecule has 0 saturated heterocycles. The molecule has 0 fully saturated rings. The second kappa shape index (κ2) is 18.9. The van der Waals surface area contributed by atoms with Crippen LogP contribution in [-0.2, 0) is 16.1 Å². The molecule has 0 aliphatic rings. The molecule has 2 aromatic rings. The molecule has 1 nitrogen and oxygen atoms in total. The van der Waals surface area contributed by atoms with Crippen molar-refractivity contribution < 1.29 is 4.57 Å². The lowest BCUT2D eigenvalue weighted by atomic mass is 10.0. The average molecular weight is 497 g/mol. The van der Waals surface area contributed by atoms with E-state index in [1.54, 1.807) is 0 Å². The predicted molar refractivity (Wildman–Crippen MR) is 157 cm³/mol. The molecule has 0 saturated carbocycles. The molecule has 2 rings (SSSR count). The zero-order chi connectivity index (χ0) is 25.0. The normalized spacial score (nSPS) is 12.6. The van der Waals surface area contributed by atoms with Crippen molar-refractivity contribution in [3.63, 3.8) is 0 Å². The fourth-order valence-electron chi connectivity index (χ4n) is 5.06. The summed E-state index contributed by atoms with van der Waals surface area (Å²) in [4.78, 5) is 0. The summed E-state index contributed by atoms with van der Waals surface area (Å²) < 4.78 is 12.9. The molecular weight excluding hydrogens is 443 g/mol. The minimum Gasteiger partial charge on any atom is -0.326 e. The fraction of sp³-hybridized carbons (Fsp3) is 0.636. The summed E-state index contributed by atoms with van der Waals surface area (Å²) in [6.45, 7) is 4.30. The molecule has 1 atom stereocenters. The zero-order valence-electron chi connectivity index (χ0n) is 22.9. The van der Waals surface area contributed by atoms with Gasteiger partial charge in [0.1, 0.15) is 0 Å². The second-order valence-corrected chi connectivity index (χ2v) is 13.7. The number of rotatable bonds is 21. The van der Waals surface area contributed by atoms with E-state index in [1.165, 1.54) is 114 Å². The number of unbranched alkanes of at least 4 members (excludes halogenated alkanes) is 15. The highest BCUT2D eigenvalue weighted by Gasteiger charge is 2.26. The highest BCUT2D eigenvalue weighted by Crippen LogP contribution is 2.47. The van der Waals surface area contributed by atoms with Crippen LogP contribution in [0.15, 0.2) is 60.7 Å². The Bertz CT molecular complexity index is 768. The summed E-state index contributed by atoms with van der Waals surface area (Å²) in [7, 11) is -1.60. The third-order valence-corrected chi connectivity index (χ3v) is 10.1. The molecule has 0 N–H and O–H groups in total. The molecule has 0 aliphatic carbocycles. The number of hydrogen-bond donors (Lipinski definition) is 0. The van der Waals surface area contributed by atoms with E-state index in [0.29, 0.717) is 0 Å². The van der Waals surface area contributed by atoms with Gasteiger partial charge in [0.15, 0.2) is 0 Å². The number of hydrogen-bond acceptors (Lipinski definition) is 1. The van der Waals surface area contributed by atoms with E-state index >= 15 is 0 Å². The summed E-state index contributed by atoms with van der Waals surface area (Å²) in [6.07, 6.45) is 24.1. The van der Waals surface area contributed by atoms with Crippen molar-refractivity contribution in [3.05, 3.63) is 71.8 Å². The van der Waals surface area contributed by atoms with Gasteiger partial charge in [0.25, 0.3) is 0 Å². The molecule has 2 heteroatoms. The Balaban J connectivity index is 1.30. The summed E-state index contributed by atoms with van der Waals surface area (Å²) in [6, 6.07) is 21.3. The van der Waals surface area contributed by atoms with Gasteiger partial charge in [-0.1, -0.05) is 151 Å². The SMILES string of the molecule is CC(C)(c1ccccc1)[PH](=O)CCCCCCCCCCCCCCCCCCc1ccccc1. The van der Waals surface area contributed by atoms with Crippen LogP contribution in [0.4, 0.5) is 0 Å². The first kappa shape index (κ1) is 29.9. The van der Waals surface area contributed by atoms with Crippen LogP contribution in [0, 0.1) is 0 Å². The third-order valence-electron chi connectivity index (χ3n) is 7.65. The van der Waals surface area contributed by atoms with Gasteiger partial charge in [0.05, 0.1) is 7.80 Å². The van der Waals surface area contributed by atoms with E-state index < -0.39 is 7.80 Å². The third kappa shape index (κ3) is 13.5. The Labute approximate surface area is 218 Å². The molecule has 35 heavy (non-hydrogen) atoms. The van der Waals surface area contributed by atoms with Crippen LogP contribution in [0.1, 0.15) is 128 Å². The zero-order valence-corrected chi connectivity index (χ0v) is 23.9. The Hall–Kier alpha value is -1.33. The second-order valence-electron chi connectivity index (χ2n) is 11.1. The summed E-state index contributed by atoms with van der Waals surface area (Å²) >= 11 is 0. The first-order chi connectivity index (χ1) is 17.1. The topological polar surface area (TPSA) is 17.1 Å². The molecule has 0 amide bonds. The predicted octanol–water partition coefficient (Wildman–Crippen LogP) is 11.0. The fourth-order valence-corrected chi connectivity index (χ4v) is 6.75. The highest BCUT2D eigenvalue weighted by molar-refractivity contribution is 7.46. The van der Waals surface area contributed by atoms with E-state index in [2.05, 4.69) is 68.4 Å². The van der Waals surface area contributed by atoms with E-state index in [4.69, 9.17) is 0 Å². The van der Waals surface area contributed by atoms with Crippen molar-refractivity contribution in [2.45, 2.75) is 128 Å². The Morgan fingerprint density at radius 3 is 1.34 bits per heavy atom. The van der Waals surface area contributed by atoms with Crippen molar-refractivity contribution in [1.82, 2.24) is 0 Å². The molecule has 1 unspecified atom stereocenters. The summed E-state index contributed by atoms with van der Waals surface area (Å²) in [5.74, 6) is 0. The quantitative estimate of drug-likeness (QED) is 0.124. The number of aryl methyl sites for hydroxylation is 1. The molecule has 0 spiro atoms. The minimum atomic E-state index is -1.60. The lowest BCUT2D eigenvalue weighted by Gasteiger charge is -2.25. The maximum Gasteiger partial charge on any atom is 0.0857 e. The van der Waals surface area contributed by atoms with Gasteiger partial charge in [-0.3, -0.25) is 0 Å². The summed E-state index contributed by atoms with van der Waals surface area (Å²) in [5, 5.41) is -0.172. The molecule has 0 radical (unpaired) electrons. The van der Waals surface area contributed by atoms with E-state index in [1.807, 2.05) is 6.07 Å². The van der Waals surface area contributed by atoms with Crippen LogP contribution >= 0.6 is 7.80 Å². The van der Waals surface area contributed by atoms with Gasteiger partial charge < -0.3 is 4.57 Å². The first-order valence-corrected chi connectivity index (χ1v) is 16.3. The van der Waals surface area contributed by atoms with Gasteiger partial charge in [-0.15, -0.1) is 0 Å². The van der Waals surface area contributed by atoms with Crippen LogP contribution in [0.5, 0.6) is 0 Å². The molecular formula is C33H53OP. The first-order valence-electron chi connectivity index (χ1n) is 14.7. The minimum absolute atomic E-state index is 0.172. The molecule has 0 aromatic heterocycles. The maximum atomic E-state index is 12.9. The molecule has 0 bridgehead atoms. The Morgan fingerprint density at radius 2 is 0.886 bits per heavy atom. The van der Waals surface area contributed by atoms with E-state index in [-0.39, 0.29) is 5.16 Å². The highest BCUT2D eigenvalue weighted by atomic mass is 31.1. The largest absolute Gasteiger partial charge is 0.326 e. The van der Waals surface area contributed by atoms with Crippen molar-refractivity contribution in [2.24, 2.45) is 0 Å². The van der Waals surface area contributed by atoms with Gasteiger partial charge in [-0.2, -0.15) is 0 Å². The van der Waals surface area contributed by atoms with Crippen LogP contribution in [0.2, 0.25) is 0 Å². The molecule has 0 heterocycles. The average Bonchev–Trinajstić information content (AvgIpc) is 2.89. The maximum absolute atomic E-state index is 12.9. The smallest absolute Gasteiger partial charge is 0.0857 e. The van der Waals surface area contributed by atoms with Crippen LogP contribution < -0.4 is 0 Å². The Kier molecular flexibility index (Phi) is 16.1. The molecule has 0 aliphatic heterocycles.